The average Bonchev–Trinajstić information content (AvgIpc) is 3.16. The zero-order chi connectivity index (χ0) is 29.1. The first-order valence-electron chi connectivity index (χ1n) is 13.5. The SMILES string of the molecule is CC(C)(C(N)=O)[C@H](COCc1ccccc1)C(=O)N1CCCC2(C1)C(=O)N(CC(F)(F)F)CC2c1ccccc1. The Balaban J connectivity index is 1.61. The third-order valence-electron chi connectivity index (χ3n) is 8.39. The van der Waals surface area contributed by atoms with E-state index in [1.807, 2.05) is 48.5 Å². The number of halogens is 3. The van der Waals surface area contributed by atoms with Crippen LogP contribution in [0, 0.1) is 16.7 Å². The third kappa shape index (κ3) is 6.16. The van der Waals surface area contributed by atoms with Gasteiger partial charge in [-0.2, -0.15) is 13.2 Å². The lowest BCUT2D eigenvalue weighted by Gasteiger charge is -2.44. The van der Waals surface area contributed by atoms with E-state index in [2.05, 4.69) is 0 Å². The van der Waals surface area contributed by atoms with E-state index in [-0.39, 0.29) is 26.3 Å². The van der Waals surface area contributed by atoms with Crippen LogP contribution in [-0.2, 0) is 25.7 Å². The second kappa shape index (κ2) is 11.6. The molecular formula is C30H36F3N3O4. The molecule has 2 fully saturated rings. The van der Waals surface area contributed by atoms with Crippen LogP contribution in [-0.4, -0.2) is 66.5 Å². The van der Waals surface area contributed by atoms with Gasteiger partial charge in [0.2, 0.25) is 17.7 Å². The van der Waals surface area contributed by atoms with Crippen LogP contribution in [0.25, 0.3) is 0 Å². The van der Waals surface area contributed by atoms with Crippen LogP contribution in [0.4, 0.5) is 13.2 Å². The highest BCUT2D eigenvalue weighted by molar-refractivity contribution is 5.91. The standard InChI is InChI=1S/C30H36F3N3O4/c1-28(2,26(34)38)24(18-40-17-21-10-5-3-6-11-21)25(37)35-15-9-14-29(19-35)23(22-12-7-4-8-13-22)16-36(27(29)39)20-30(31,32)33/h3-8,10-13,23-24H,9,14-20H2,1-2H3,(H2,34,38)/t23?,24-,29?/m1/s1. The van der Waals surface area contributed by atoms with Crippen molar-refractivity contribution in [1.82, 2.24) is 9.80 Å². The van der Waals surface area contributed by atoms with Crippen LogP contribution >= 0.6 is 0 Å². The van der Waals surface area contributed by atoms with Gasteiger partial charge >= 0.3 is 6.18 Å². The van der Waals surface area contributed by atoms with Crippen molar-refractivity contribution < 1.29 is 32.3 Å². The van der Waals surface area contributed by atoms with Crippen molar-refractivity contribution in [3.63, 3.8) is 0 Å². The van der Waals surface area contributed by atoms with Crippen molar-refractivity contribution in [3.05, 3.63) is 71.8 Å². The highest BCUT2D eigenvalue weighted by Crippen LogP contribution is 2.50. The molecule has 2 heterocycles. The largest absolute Gasteiger partial charge is 0.406 e. The number of primary amides is 1. The first kappa shape index (κ1) is 29.6. The lowest BCUT2D eigenvalue weighted by atomic mass is 9.68. The zero-order valence-corrected chi connectivity index (χ0v) is 22.8. The first-order valence-corrected chi connectivity index (χ1v) is 13.5. The predicted octanol–water partition coefficient (Wildman–Crippen LogP) is 4.13. The minimum Gasteiger partial charge on any atom is -0.376 e. The molecule has 7 nitrogen and oxygen atoms in total. The number of benzene rings is 2. The summed E-state index contributed by atoms with van der Waals surface area (Å²) in [6.45, 7) is 2.18. The van der Waals surface area contributed by atoms with E-state index in [9.17, 15) is 27.6 Å². The summed E-state index contributed by atoms with van der Waals surface area (Å²) in [6.07, 6.45) is -3.74. The number of alkyl halides is 3. The van der Waals surface area contributed by atoms with Gasteiger partial charge in [0, 0.05) is 25.6 Å². The lowest BCUT2D eigenvalue weighted by molar-refractivity contribution is -0.164. The number of hydrogen-bond donors (Lipinski definition) is 1. The molecule has 2 aromatic carbocycles. The van der Waals surface area contributed by atoms with Gasteiger partial charge in [-0.15, -0.1) is 0 Å². The van der Waals surface area contributed by atoms with Gasteiger partial charge in [0.25, 0.3) is 0 Å². The molecule has 3 atom stereocenters. The predicted molar refractivity (Wildman–Crippen MR) is 143 cm³/mol. The minimum absolute atomic E-state index is 0.0391. The molecule has 2 aliphatic rings. The number of amides is 3. The highest BCUT2D eigenvalue weighted by Gasteiger charge is 2.58. The summed E-state index contributed by atoms with van der Waals surface area (Å²) >= 11 is 0. The maximum Gasteiger partial charge on any atom is 0.406 e. The molecule has 1 spiro atoms. The maximum atomic E-state index is 14.0. The van der Waals surface area contributed by atoms with Gasteiger partial charge in [-0.3, -0.25) is 14.4 Å². The molecule has 0 bridgehead atoms. The minimum atomic E-state index is -4.54. The smallest absolute Gasteiger partial charge is 0.376 e. The Hall–Kier alpha value is -3.40. The fraction of sp³-hybridized carbons (Fsp3) is 0.500. The lowest BCUT2D eigenvalue weighted by Crippen LogP contribution is -2.56. The number of likely N-dealkylation sites (tertiary alicyclic amines) is 2. The van der Waals surface area contributed by atoms with Crippen molar-refractivity contribution in [2.24, 2.45) is 22.5 Å². The number of nitrogens with two attached hydrogens (primary N) is 1. The molecule has 0 radical (unpaired) electrons. The monoisotopic (exact) mass is 559 g/mol. The second-order valence-electron chi connectivity index (χ2n) is 11.4. The van der Waals surface area contributed by atoms with E-state index in [0.717, 1.165) is 16.0 Å². The van der Waals surface area contributed by atoms with E-state index in [1.165, 1.54) is 4.90 Å². The Morgan fingerprint density at radius 1 is 1.07 bits per heavy atom. The van der Waals surface area contributed by atoms with Gasteiger partial charge in [0.1, 0.15) is 6.54 Å². The number of hydrogen-bond acceptors (Lipinski definition) is 4. The Morgan fingerprint density at radius 2 is 1.70 bits per heavy atom. The van der Waals surface area contributed by atoms with E-state index >= 15 is 0 Å². The molecule has 2 aliphatic heterocycles. The molecule has 2 aromatic rings. The molecule has 2 saturated heterocycles. The molecule has 3 amide bonds. The molecular weight excluding hydrogens is 523 g/mol. The summed E-state index contributed by atoms with van der Waals surface area (Å²) in [5, 5.41) is 0. The number of nitrogens with zero attached hydrogens (tertiary/aromatic N) is 2. The molecule has 2 unspecified atom stereocenters. The van der Waals surface area contributed by atoms with Crippen molar-refractivity contribution in [2.75, 3.05) is 32.8 Å². The summed E-state index contributed by atoms with van der Waals surface area (Å²) in [5.74, 6) is -3.12. The summed E-state index contributed by atoms with van der Waals surface area (Å²) in [6, 6.07) is 18.4. The number of carbonyl (C=O) groups is 3. The second-order valence-corrected chi connectivity index (χ2v) is 11.4. The van der Waals surface area contributed by atoms with Crippen LogP contribution in [0.1, 0.15) is 43.7 Å². The third-order valence-corrected chi connectivity index (χ3v) is 8.39. The maximum absolute atomic E-state index is 14.0. The Labute approximate surface area is 232 Å². The van der Waals surface area contributed by atoms with Gasteiger partial charge in [-0.25, -0.2) is 0 Å². The number of rotatable bonds is 9. The topological polar surface area (TPSA) is 92.9 Å². The van der Waals surface area contributed by atoms with Crippen LogP contribution < -0.4 is 5.73 Å². The van der Waals surface area contributed by atoms with Crippen LogP contribution in [0.5, 0.6) is 0 Å². The summed E-state index contributed by atoms with van der Waals surface area (Å²) in [7, 11) is 0. The van der Waals surface area contributed by atoms with Crippen LogP contribution in [0.3, 0.4) is 0 Å². The van der Waals surface area contributed by atoms with E-state index < -0.39 is 53.1 Å². The van der Waals surface area contributed by atoms with E-state index in [1.54, 1.807) is 26.0 Å². The Morgan fingerprint density at radius 3 is 2.30 bits per heavy atom. The van der Waals surface area contributed by atoms with Gasteiger partial charge < -0.3 is 20.3 Å². The molecule has 2 N–H and O–H groups in total. The normalized spacial score (nSPS) is 22.5. The summed E-state index contributed by atoms with van der Waals surface area (Å²) in [5.41, 5.74) is 4.89. The number of ether oxygens (including phenoxy) is 1. The fourth-order valence-electron chi connectivity index (χ4n) is 5.98. The summed E-state index contributed by atoms with van der Waals surface area (Å²) in [4.78, 5) is 42.6. The highest BCUT2D eigenvalue weighted by atomic mass is 19.4. The van der Waals surface area contributed by atoms with Crippen LogP contribution in [0.2, 0.25) is 0 Å². The van der Waals surface area contributed by atoms with Crippen molar-refractivity contribution in [3.8, 4) is 0 Å². The van der Waals surface area contributed by atoms with Gasteiger partial charge in [0.05, 0.1) is 30.0 Å². The van der Waals surface area contributed by atoms with E-state index in [0.29, 0.717) is 19.4 Å². The van der Waals surface area contributed by atoms with E-state index in [4.69, 9.17) is 10.5 Å². The van der Waals surface area contributed by atoms with Crippen molar-refractivity contribution >= 4 is 17.7 Å². The Kier molecular flexibility index (Phi) is 8.58. The van der Waals surface area contributed by atoms with Gasteiger partial charge in [0.15, 0.2) is 0 Å². The number of carbonyl (C=O) groups excluding carboxylic acids is 3. The summed E-state index contributed by atoms with van der Waals surface area (Å²) < 4.78 is 46.1. The van der Waals surface area contributed by atoms with Gasteiger partial charge in [-0.05, 0) is 24.0 Å². The quantitative estimate of drug-likeness (QED) is 0.500. The zero-order valence-electron chi connectivity index (χ0n) is 22.8. The van der Waals surface area contributed by atoms with Crippen molar-refractivity contribution in [2.45, 2.75) is 45.4 Å². The molecule has 40 heavy (non-hydrogen) atoms. The molecule has 4 rings (SSSR count). The molecule has 10 heteroatoms. The van der Waals surface area contributed by atoms with Gasteiger partial charge in [-0.1, -0.05) is 74.5 Å². The Bertz CT molecular complexity index is 1210. The first-order chi connectivity index (χ1) is 18.8. The average molecular weight is 560 g/mol. The fourth-order valence-corrected chi connectivity index (χ4v) is 5.98. The molecule has 216 valence electrons. The van der Waals surface area contributed by atoms with Crippen LogP contribution in [0.15, 0.2) is 60.7 Å². The molecule has 0 aromatic heterocycles. The van der Waals surface area contributed by atoms with Crippen molar-refractivity contribution in [1.29, 1.82) is 0 Å². The number of piperidine rings is 1. The molecule has 0 aliphatic carbocycles. The molecule has 0 saturated carbocycles.